The third-order valence-corrected chi connectivity index (χ3v) is 3.42. The van der Waals surface area contributed by atoms with Crippen molar-refractivity contribution in [2.45, 2.75) is 111 Å². The molecule has 0 aliphatic carbocycles. The fourth-order valence-corrected chi connectivity index (χ4v) is 2.50. The van der Waals surface area contributed by atoms with Gasteiger partial charge in [-0.2, -0.15) is 0 Å². The topological polar surface area (TPSA) is 24.1 Å². The van der Waals surface area contributed by atoms with E-state index >= 15 is 0 Å². The molecule has 0 heterocycles. The highest BCUT2D eigenvalue weighted by molar-refractivity contribution is 4.69. The summed E-state index contributed by atoms with van der Waals surface area (Å²) < 4.78 is 0. The van der Waals surface area contributed by atoms with Crippen molar-refractivity contribution in [2.75, 3.05) is 0 Å². The second-order valence-corrected chi connectivity index (χ2v) is 6.46. The van der Waals surface area contributed by atoms with E-state index in [9.17, 15) is 0 Å². The summed E-state index contributed by atoms with van der Waals surface area (Å²) >= 11 is 0. The molecule has 0 aliphatic heterocycles. The average molecular weight is 271 g/mol. The number of unbranched alkanes of at least 4 members (excludes halogenated alkanes) is 7. The van der Waals surface area contributed by atoms with E-state index in [2.05, 4.69) is 45.3 Å². The number of nitrogens with one attached hydrogen (secondary N) is 2. The summed E-state index contributed by atoms with van der Waals surface area (Å²) in [6.45, 7) is 11.2. The van der Waals surface area contributed by atoms with Crippen LogP contribution in [0.1, 0.15) is 92.4 Å². The van der Waals surface area contributed by atoms with Crippen LogP contribution in [0.2, 0.25) is 0 Å². The molecule has 0 aromatic heterocycles. The van der Waals surface area contributed by atoms with Gasteiger partial charge < -0.3 is 0 Å². The first-order chi connectivity index (χ1) is 9.06. The third-order valence-electron chi connectivity index (χ3n) is 3.42. The zero-order valence-electron chi connectivity index (χ0n) is 14.1. The summed E-state index contributed by atoms with van der Waals surface area (Å²) in [7, 11) is 0. The van der Waals surface area contributed by atoms with Crippen molar-refractivity contribution in [2.24, 2.45) is 0 Å². The van der Waals surface area contributed by atoms with Gasteiger partial charge in [0.15, 0.2) is 0 Å². The summed E-state index contributed by atoms with van der Waals surface area (Å²) in [5.74, 6) is 0. The Balaban J connectivity index is 3.52. The lowest BCUT2D eigenvalue weighted by atomic mass is 10.1. The largest absolute Gasteiger partial charge is 0.300 e. The first-order valence-corrected chi connectivity index (χ1v) is 8.58. The average Bonchev–Trinajstić information content (AvgIpc) is 2.30. The smallest absolute Gasteiger partial charge is 0.0575 e. The summed E-state index contributed by atoms with van der Waals surface area (Å²) in [6.07, 6.45) is 13.0. The molecule has 0 unspecified atom stereocenters. The standard InChI is InChI=1S/C17H38N2/c1-6-7-8-9-10-11-12-13-14-17(18-15(2)3)19-16(4)5/h15-19H,6-14H2,1-5H3. The molecule has 0 rings (SSSR count). The maximum Gasteiger partial charge on any atom is 0.0575 e. The van der Waals surface area contributed by atoms with Crippen LogP contribution in [-0.4, -0.2) is 18.2 Å². The highest BCUT2D eigenvalue weighted by Gasteiger charge is 2.09. The van der Waals surface area contributed by atoms with Crippen LogP contribution in [0.4, 0.5) is 0 Å². The van der Waals surface area contributed by atoms with E-state index < -0.39 is 0 Å². The maximum atomic E-state index is 3.62. The predicted molar refractivity (Wildman–Crippen MR) is 87.6 cm³/mol. The first kappa shape index (κ1) is 18.9. The molecule has 0 atom stereocenters. The molecule has 0 aromatic carbocycles. The zero-order valence-corrected chi connectivity index (χ0v) is 14.1. The van der Waals surface area contributed by atoms with Crippen LogP contribution in [0.5, 0.6) is 0 Å². The minimum atomic E-state index is 0.486. The van der Waals surface area contributed by atoms with E-state index in [-0.39, 0.29) is 0 Å². The van der Waals surface area contributed by atoms with Crippen molar-refractivity contribution in [3.63, 3.8) is 0 Å². The molecule has 0 saturated carbocycles. The number of hydrogen-bond acceptors (Lipinski definition) is 2. The van der Waals surface area contributed by atoms with Gasteiger partial charge in [0.1, 0.15) is 0 Å². The molecule has 0 fully saturated rings. The van der Waals surface area contributed by atoms with Crippen molar-refractivity contribution >= 4 is 0 Å². The molecule has 0 aromatic rings. The highest BCUT2D eigenvalue weighted by Crippen LogP contribution is 2.10. The molecule has 0 radical (unpaired) electrons. The quantitative estimate of drug-likeness (QED) is 0.370. The van der Waals surface area contributed by atoms with E-state index in [0.29, 0.717) is 18.2 Å². The Morgan fingerprint density at radius 1 is 0.632 bits per heavy atom. The third kappa shape index (κ3) is 14.1. The van der Waals surface area contributed by atoms with Crippen LogP contribution < -0.4 is 10.6 Å². The van der Waals surface area contributed by atoms with Crippen molar-refractivity contribution in [1.82, 2.24) is 10.6 Å². The lowest BCUT2D eigenvalue weighted by Crippen LogP contribution is -2.48. The van der Waals surface area contributed by atoms with Crippen molar-refractivity contribution in [1.29, 1.82) is 0 Å². The Bertz CT molecular complexity index is 168. The molecule has 116 valence electrons. The molecule has 0 aliphatic rings. The van der Waals surface area contributed by atoms with E-state index in [4.69, 9.17) is 0 Å². The van der Waals surface area contributed by atoms with Crippen molar-refractivity contribution < 1.29 is 0 Å². The van der Waals surface area contributed by atoms with Gasteiger partial charge in [0.2, 0.25) is 0 Å². The van der Waals surface area contributed by atoms with Crippen molar-refractivity contribution in [3.05, 3.63) is 0 Å². The molecular weight excluding hydrogens is 232 g/mol. The predicted octanol–water partition coefficient (Wildman–Crippen LogP) is 4.84. The van der Waals surface area contributed by atoms with Crippen LogP contribution in [0, 0.1) is 0 Å². The Labute approximate surface area is 122 Å². The number of hydrogen-bond donors (Lipinski definition) is 2. The summed E-state index contributed by atoms with van der Waals surface area (Å²) in [4.78, 5) is 0. The zero-order chi connectivity index (χ0) is 14.5. The minimum absolute atomic E-state index is 0.486. The molecule has 0 amide bonds. The highest BCUT2D eigenvalue weighted by atomic mass is 15.1. The van der Waals surface area contributed by atoms with Crippen LogP contribution in [0.3, 0.4) is 0 Å². The van der Waals surface area contributed by atoms with Crippen LogP contribution >= 0.6 is 0 Å². The van der Waals surface area contributed by atoms with Gasteiger partial charge in [-0.15, -0.1) is 0 Å². The monoisotopic (exact) mass is 270 g/mol. The van der Waals surface area contributed by atoms with Gasteiger partial charge in [0, 0.05) is 12.1 Å². The Morgan fingerprint density at radius 2 is 1.05 bits per heavy atom. The summed E-state index contributed by atoms with van der Waals surface area (Å²) in [5, 5.41) is 7.24. The molecule has 2 N–H and O–H groups in total. The van der Waals surface area contributed by atoms with Crippen LogP contribution in [0.15, 0.2) is 0 Å². The van der Waals surface area contributed by atoms with Gasteiger partial charge >= 0.3 is 0 Å². The molecule has 2 heteroatoms. The first-order valence-electron chi connectivity index (χ1n) is 8.58. The second kappa shape index (κ2) is 12.9. The number of rotatable bonds is 13. The molecule has 2 nitrogen and oxygen atoms in total. The second-order valence-electron chi connectivity index (χ2n) is 6.46. The molecule has 0 saturated heterocycles. The fraction of sp³-hybridized carbons (Fsp3) is 1.00. The lowest BCUT2D eigenvalue weighted by Gasteiger charge is -2.24. The van der Waals surface area contributed by atoms with E-state index in [1.54, 1.807) is 0 Å². The van der Waals surface area contributed by atoms with E-state index in [1.165, 1.54) is 57.8 Å². The van der Waals surface area contributed by atoms with Gasteiger partial charge in [-0.1, -0.05) is 58.3 Å². The van der Waals surface area contributed by atoms with E-state index in [0.717, 1.165) is 0 Å². The fourth-order valence-electron chi connectivity index (χ4n) is 2.50. The van der Waals surface area contributed by atoms with Crippen LogP contribution in [-0.2, 0) is 0 Å². The molecule has 0 spiro atoms. The van der Waals surface area contributed by atoms with Gasteiger partial charge in [-0.25, -0.2) is 0 Å². The molecule has 0 bridgehead atoms. The molecular formula is C17H38N2. The summed E-state index contributed by atoms with van der Waals surface area (Å²) in [6, 6.07) is 1.12. The summed E-state index contributed by atoms with van der Waals surface area (Å²) in [5.41, 5.74) is 0. The Hall–Kier alpha value is -0.0800. The van der Waals surface area contributed by atoms with Gasteiger partial charge in [0.25, 0.3) is 0 Å². The lowest BCUT2D eigenvalue weighted by molar-refractivity contribution is 0.338. The van der Waals surface area contributed by atoms with Crippen LogP contribution in [0.25, 0.3) is 0 Å². The normalized spacial score (nSPS) is 12.0. The van der Waals surface area contributed by atoms with E-state index in [1.807, 2.05) is 0 Å². The maximum absolute atomic E-state index is 3.62. The van der Waals surface area contributed by atoms with Gasteiger partial charge in [0.05, 0.1) is 6.17 Å². The van der Waals surface area contributed by atoms with Gasteiger partial charge in [-0.05, 0) is 34.1 Å². The Morgan fingerprint density at radius 3 is 1.47 bits per heavy atom. The van der Waals surface area contributed by atoms with Gasteiger partial charge in [-0.3, -0.25) is 10.6 Å². The van der Waals surface area contributed by atoms with Crippen molar-refractivity contribution in [3.8, 4) is 0 Å². The minimum Gasteiger partial charge on any atom is -0.300 e. The Kier molecular flexibility index (Phi) is 12.9. The molecule has 19 heavy (non-hydrogen) atoms. The SMILES string of the molecule is CCCCCCCCCCC(NC(C)C)NC(C)C.